The molecule has 100 valence electrons. The van der Waals surface area contributed by atoms with Crippen LogP contribution in [-0.2, 0) is 9.53 Å². The van der Waals surface area contributed by atoms with Crippen LogP contribution in [0.25, 0.3) is 0 Å². The number of carbonyl (C=O) groups excluding carboxylic acids is 1. The number of rotatable bonds is 8. The fourth-order valence-electron chi connectivity index (χ4n) is 2.16. The van der Waals surface area contributed by atoms with Gasteiger partial charge in [-0.2, -0.15) is 0 Å². The lowest BCUT2D eigenvalue weighted by atomic mass is 10.0. The van der Waals surface area contributed by atoms with Crippen LogP contribution in [0, 0.1) is 0 Å². The highest BCUT2D eigenvalue weighted by Crippen LogP contribution is 2.11. The van der Waals surface area contributed by atoms with E-state index in [-0.39, 0.29) is 5.91 Å². The lowest BCUT2D eigenvalue weighted by molar-refractivity contribution is -0.121. The average Bonchev–Trinajstić information content (AvgIpc) is 2.37. The van der Waals surface area contributed by atoms with Crippen molar-refractivity contribution in [1.82, 2.24) is 10.6 Å². The van der Waals surface area contributed by atoms with E-state index in [1.54, 1.807) is 7.11 Å². The van der Waals surface area contributed by atoms with Gasteiger partial charge in [0, 0.05) is 32.7 Å². The number of carbonyl (C=O) groups is 1. The molecule has 0 aromatic rings. The molecule has 2 N–H and O–H groups in total. The molecular formula is C13H26N2O2. The van der Waals surface area contributed by atoms with Crippen LogP contribution in [0.5, 0.6) is 0 Å². The van der Waals surface area contributed by atoms with E-state index in [2.05, 4.69) is 10.6 Å². The molecule has 1 unspecified atom stereocenters. The molecule has 0 radical (unpaired) electrons. The Morgan fingerprint density at radius 2 is 2.29 bits per heavy atom. The van der Waals surface area contributed by atoms with Gasteiger partial charge in [0.05, 0.1) is 0 Å². The van der Waals surface area contributed by atoms with Gasteiger partial charge in [-0.25, -0.2) is 0 Å². The minimum Gasteiger partial charge on any atom is -0.385 e. The van der Waals surface area contributed by atoms with Crippen molar-refractivity contribution in [3.05, 3.63) is 0 Å². The molecule has 4 nitrogen and oxygen atoms in total. The zero-order valence-electron chi connectivity index (χ0n) is 11.0. The molecule has 1 rings (SSSR count). The van der Waals surface area contributed by atoms with E-state index in [0.29, 0.717) is 12.5 Å². The third-order valence-corrected chi connectivity index (χ3v) is 3.23. The van der Waals surface area contributed by atoms with Crippen molar-refractivity contribution in [3.63, 3.8) is 0 Å². The lowest BCUT2D eigenvalue weighted by Crippen LogP contribution is -2.35. The highest BCUT2D eigenvalue weighted by Gasteiger charge is 2.13. The second-order valence-electron chi connectivity index (χ2n) is 4.74. The standard InChI is InChI=1S/C13H26N2O2/c1-17-11-5-4-10-15-13(16)8-7-12-6-2-3-9-14-12/h12,14H,2-11H2,1H3,(H,15,16). The Hall–Kier alpha value is -0.610. The third kappa shape index (κ3) is 7.34. The van der Waals surface area contributed by atoms with Crippen molar-refractivity contribution in [1.29, 1.82) is 0 Å². The maximum atomic E-state index is 11.5. The first-order valence-electron chi connectivity index (χ1n) is 6.82. The van der Waals surface area contributed by atoms with Gasteiger partial charge >= 0.3 is 0 Å². The van der Waals surface area contributed by atoms with Gasteiger partial charge in [0.25, 0.3) is 0 Å². The number of methoxy groups -OCH3 is 1. The second-order valence-corrected chi connectivity index (χ2v) is 4.74. The van der Waals surface area contributed by atoms with E-state index in [1.165, 1.54) is 19.3 Å². The Morgan fingerprint density at radius 3 is 3.00 bits per heavy atom. The number of amides is 1. The van der Waals surface area contributed by atoms with Crippen molar-refractivity contribution >= 4 is 5.91 Å². The molecule has 1 saturated heterocycles. The molecule has 0 aromatic carbocycles. The van der Waals surface area contributed by atoms with E-state index >= 15 is 0 Å². The summed E-state index contributed by atoms with van der Waals surface area (Å²) in [6.07, 6.45) is 7.45. The molecule has 4 heteroatoms. The average molecular weight is 242 g/mol. The van der Waals surface area contributed by atoms with Gasteiger partial charge in [0.15, 0.2) is 0 Å². The van der Waals surface area contributed by atoms with Gasteiger partial charge in [0.1, 0.15) is 0 Å². The molecule has 0 aromatic heterocycles. The van der Waals surface area contributed by atoms with Crippen LogP contribution in [0.15, 0.2) is 0 Å². The summed E-state index contributed by atoms with van der Waals surface area (Å²) in [5.41, 5.74) is 0. The molecular weight excluding hydrogens is 216 g/mol. The monoisotopic (exact) mass is 242 g/mol. The zero-order valence-corrected chi connectivity index (χ0v) is 11.0. The maximum Gasteiger partial charge on any atom is 0.220 e. The molecule has 0 aliphatic carbocycles. The number of hydrogen-bond acceptors (Lipinski definition) is 3. The molecule has 1 fully saturated rings. The number of unbranched alkanes of at least 4 members (excludes halogenated alkanes) is 1. The van der Waals surface area contributed by atoms with Crippen LogP contribution < -0.4 is 10.6 Å². The molecule has 17 heavy (non-hydrogen) atoms. The van der Waals surface area contributed by atoms with E-state index in [9.17, 15) is 4.79 Å². The third-order valence-electron chi connectivity index (χ3n) is 3.23. The summed E-state index contributed by atoms with van der Waals surface area (Å²) in [5, 5.41) is 6.42. The fraction of sp³-hybridized carbons (Fsp3) is 0.923. The number of nitrogens with one attached hydrogen (secondary N) is 2. The van der Waals surface area contributed by atoms with Gasteiger partial charge < -0.3 is 15.4 Å². The van der Waals surface area contributed by atoms with Gasteiger partial charge in [-0.3, -0.25) is 4.79 Å². The minimum absolute atomic E-state index is 0.190. The smallest absolute Gasteiger partial charge is 0.220 e. The van der Waals surface area contributed by atoms with Crippen LogP contribution in [0.4, 0.5) is 0 Å². The summed E-state index contributed by atoms with van der Waals surface area (Å²) in [7, 11) is 1.70. The topological polar surface area (TPSA) is 50.4 Å². The fourth-order valence-corrected chi connectivity index (χ4v) is 2.16. The van der Waals surface area contributed by atoms with Crippen molar-refractivity contribution in [2.24, 2.45) is 0 Å². The Morgan fingerprint density at radius 1 is 1.41 bits per heavy atom. The molecule has 0 saturated carbocycles. The maximum absolute atomic E-state index is 11.5. The van der Waals surface area contributed by atoms with E-state index in [1.807, 2.05) is 0 Å². The molecule has 0 bridgehead atoms. The highest BCUT2D eigenvalue weighted by atomic mass is 16.5. The minimum atomic E-state index is 0.190. The van der Waals surface area contributed by atoms with Crippen LogP contribution in [-0.4, -0.2) is 38.8 Å². The quantitative estimate of drug-likeness (QED) is 0.633. The van der Waals surface area contributed by atoms with Crippen molar-refractivity contribution in [3.8, 4) is 0 Å². The number of ether oxygens (including phenoxy) is 1. The number of piperidine rings is 1. The van der Waals surface area contributed by atoms with Crippen LogP contribution >= 0.6 is 0 Å². The normalized spacial score (nSPS) is 20.2. The molecule has 1 atom stereocenters. The Kier molecular flexibility index (Phi) is 8.01. The van der Waals surface area contributed by atoms with Gasteiger partial charge in [-0.1, -0.05) is 6.42 Å². The lowest BCUT2D eigenvalue weighted by Gasteiger charge is -2.23. The van der Waals surface area contributed by atoms with Gasteiger partial charge in [0.2, 0.25) is 5.91 Å². The molecule has 1 aliphatic heterocycles. The van der Waals surface area contributed by atoms with Crippen LogP contribution in [0.3, 0.4) is 0 Å². The van der Waals surface area contributed by atoms with E-state index in [4.69, 9.17) is 4.74 Å². The number of hydrogen-bond donors (Lipinski definition) is 2. The summed E-state index contributed by atoms with van der Waals surface area (Å²) in [6.45, 7) is 2.67. The van der Waals surface area contributed by atoms with Crippen molar-refractivity contribution < 1.29 is 9.53 Å². The second kappa shape index (κ2) is 9.42. The predicted octanol–water partition coefficient (Wildman–Crippen LogP) is 1.45. The van der Waals surface area contributed by atoms with Crippen LogP contribution in [0.1, 0.15) is 44.9 Å². The zero-order chi connectivity index (χ0) is 12.3. The Labute approximate surface area is 104 Å². The Balaban J connectivity index is 1.93. The van der Waals surface area contributed by atoms with Crippen molar-refractivity contribution in [2.45, 2.75) is 51.0 Å². The molecule has 1 heterocycles. The first-order chi connectivity index (χ1) is 8.33. The van der Waals surface area contributed by atoms with E-state index in [0.717, 1.165) is 39.0 Å². The summed E-state index contributed by atoms with van der Waals surface area (Å²) in [4.78, 5) is 11.5. The van der Waals surface area contributed by atoms with Gasteiger partial charge in [-0.05, 0) is 38.6 Å². The van der Waals surface area contributed by atoms with Gasteiger partial charge in [-0.15, -0.1) is 0 Å². The highest BCUT2D eigenvalue weighted by molar-refractivity contribution is 5.75. The molecule has 1 amide bonds. The summed E-state index contributed by atoms with van der Waals surface area (Å²) < 4.78 is 4.95. The summed E-state index contributed by atoms with van der Waals surface area (Å²) >= 11 is 0. The first-order valence-corrected chi connectivity index (χ1v) is 6.82. The predicted molar refractivity (Wildman–Crippen MR) is 69.0 cm³/mol. The SMILES string of the molecule is COCCCCNC(=O)CCC1CCCCN1. The molecule has 1 aliphatic rings. The summed E-state index contributed by atoms with van der Waals surface area (Å²) in [5.74, 6) is 0.190. The van der Waals surface area contributed by atoms with E-state index < -0.39 is 0 Å². The van der Waals surface area contributed by atoms with Crippen molar-refractivity contribution in [2.75, 3.05) is 26.8 Å². The summed E-state index contributed by atoms with van der Waals surface area (Å²) in [6, 6.07) is 0.558. The first kappa shape index (κ1) is 14.5. The molecule has 0 spiro atoms. The largest absolute Gasteiger partial charge is 0.385 e. The van der Waals surface area contributed by atoms with Crippen LogP contribution in [0.2, 0.25) is 0 Å². The Bertz CT molecular complexity index is 204.